The highest BCUT2D eigenvalue weighted by atomic mass is 32.2. The molecule has 3 aromatic rings. The Hall–Kier alpha value is -3.30. The number of likely N-dealkylation sites (tertiary alicyclic amines) is 1. The second kappa shape index (κ2) is 9.46. The van der Waals surface area contributed by atoms with E-state index in [9.17, 15) is 14.0 Å². The van der Waals surface area contributed by atoms with Gasteiger partial charge in [-0.3, -0.25) is 14.9 Å². The van der Waals surface area contributed by atoms with Gasteiger partial charge < -0.3 is 9.88 Å². The van der Waals surface area contributed by atoms with Gasteiger partial charge in [0.15, 0.2) is 5.70 Å². The number of benzene rings is 2. The number of carbonyl (C=O) groups excluding carboxylic acids is 1. The Balaban J connectivity index is 1.51. The van der Waals surface area contributed by atoms with E-state index in [1.165, 1.54) is 24.3 Å². The van der Waals surface area contributed by atoms with Crippen LogP contribution in [0.1, 0.15) is 22.3 Å². The molecule has 0 saturated carbocycles. The second-order valence-corrected chi connectivity index (χ2v) is 8.73. The SMILES string of the molecule is CSC1CCN(C(=O)c2ccc([NH2+]C=C(N=N)c3cc4cc(F)ccc4[nH]c3=O)cc2)C1. The number of hydrogen-bond donors (Lipinski definition) is 3. The molecular formula is C23H23FN5O2S+. The van der Waals surface area contributed by atoms with Crippen LogP contribution in [0.15, 0.2) is 64.6 Å². The molecule has 32 heavy (non-hydrogen) atoms. The molecule has 9 heteroatoms. The fourth-order valence-electron chi connectivity index (χ4n) is 3.75. The zero-order valence-corrected chi connectivity index (χ0v) is 18.3. The number of aromatic nitrogens is 1. The second-order valence-electron chi connectivity index (χ2n) is 7.59. The molecule has 1 aliphatic rings. The number of halogens is 1. The van der Waals surface area contributed by atoms with Crippen molar-refractivity contribution in [3.63, 3.8) is 0 Å². The van der Waals surface area contributed by atoms with Crippen molar-refractivity contribution in [3.05, 3.63) is 82.0 Å². The third-order valence-corrected chi connectivity index (χ3v) is 6.61. The molecule has 2 aromatic carbocycles. The van der Waals surface area contributed by atoms with E-state index < -0.39 is 11.4 Å². The largest absolute Gasteiger partial charge is 0.337 e. The summed E-state index contributed by atoms with van der Waals surface area (Å²) in [5, 5.41) is 6.21. The number of amides is 1. The number of quaternary nitrogens is 1. The first-order valence-electron chi connectivity index (χ1n) is 10.2. The van der Waals surface area contributed by atoms with Gasteiger partial charge in [0.1, 0.15) is 17.7 Å². The average Bonchev–Trinajstić information content (AvgIpc) is 3.29. The normalized spacial score (nSPS) is 16.5. The smallest absolute Gasteiger partial charge is 0.258 e. The Morgan fingerprint density at radius 3 is 2.75 bits per heavy atom. The van der Waals surface area contributed by atoms with Crippen LogP contribution < -0.4 is 10.9 Å². The number of nitrogens with one attached hydrogen (secondary N) is 2. The number of thioether (sulfide) groups is 1. The molecule has 1 fully saturated rings. The highest BCUT2D eigenvalue weighted by Gasteiger charge is 2.26. The number of aromatic amines is 1. The lowest BCUT2D eigenvalue weighted by atomic mass is 10.1. The molecule has 1 unspecified atom stereocenters. The van der Waals surface area contributed by atoms with E-state index in [1.54, 1.807) is 35.4 Å². The summed E-state index contributed by atoms with van der Waals surface area (Å²) in [7, 11) is 0. The predicted octanol–water partition coefficient (Wildman–Crippen LogP) is 3.47. The van der Waals surface area contributed by atoms with E-state index in [0.29, 0.717) is 21.7 Å². The van der Waals surface area contributed by atoms with E-state index in [-0.39, 0.29) is 17.2 Å². The van der Waals surface area contributed by atoms with E-state index in [2.05, 4.69) is 16.4 Å². The number of nitrogens with two attached hydrogens (primary N) is 1. The fourth-order valence-corrected chi connectivity index (χ4v) is 4.42. The summed E-state index contributed by atoms with van der Waals surface area (Å²) in [5.41, 5.74) is 9.35. The quantitative estimate of drug-likeness (QED) is 0.394. The van der Waals surface area contributed by atoms with E-state index in [4.69, 9.17) is 5.53 Å². The van der Waals surface area contributed by atoms with E-state index in [1.807, 2.05) is 17.0 Å². The van der Waals surface area contributed by atoms with Crippen molar-refractivity contribution in [2.75, 3.05) is 19.3 Å². The average molecular weight is 453 g/mol. The number of H-pyrrole nitrogens is 1. The monoisotopic (exact) mass is 452 g/mol. The topological polar surface area (TPSA) is 106 Å². The molecule has 1 aromatic heterocycles. The van der Waals surface area contributed by atoms with Gasteiger partial charge in [-0.1, -0.05) is 0 Å². The van der Waals surface area contributed by atoms with Crippen molar-refractivity contribution in [2.24, 2.45) is 5.11 Å². The van der Waals surface area contributed by atoms with Gasteiger partial charge in [-0.25, -0.2) is 9.92 Å². The van der Waals surface area contributed by atoms with Gasteiger partial charge in [0.25, 0.3) is 11.5 Å². The molecule has 1 saturated heterocycles. The third-order valence-electron chi connectivity index (χ3n) is 5.56. The van der Waals surface area contributed by atoms with Crippen LogP contribution in [0, 0.1) is 11.3 Å². The summed E-state index contributed by atoms with van der Waals surface area (Å²) in [6.07, 6.45) is 4.64. The maximum absolute atomic E-state index is 13.5. The van der Waals surface area contributed by atoms with Gasteiger partial charge in [0, 0.05) is 46.9 Å². The zero-order chi connectivity index (χ0) is 22.7. The summed E-state index contributed by atoms with van der Waals surface area (Å²) in [4.78, 5) is 29.7. The molecular weight excluding hydrogens is 429 g/mol. The van der Waals surface area contributed by atoms with Gasteiger partial charge in [-0.15, -0.1) is 0 Å². The van der Waals surface area contributed by atoms with Crippen molar-refractivity contribution < 1.29 is 14.5 Å². The Morgan fingerprint density at radius 2 is 2.06 bits per heavy atom. The van der Waals surface area contributed by atoms with Gasteiger partial charge in [-0.2, -0.15) is 16.9 Å². The van der Waals surface area contributed by atoms with E-state index in [0.717, 1.165) is 25.2 Å². The molecule has 164 valence electrons. The van der Waals surface area contributed by atoms with Crippen LogP contribution in [0.4, 0.5) is 10.1 Å². The van der Waals surface area contributed by atoms with Crippen molar-refractivity contribution >= 4 is 40.0 Å². The van der Waals surface area contributed by atoms with Crippen LogP contribution >= 0.6 is 11.8 Å². The molecule has 2 heterocycles. The molecule has 4 rings (SSSR count). The third kappa shape index (κ3) is 4.63. The Bertz CT molecular complexity index is 1260. The highest BCUT2D eigenvalue weighted by Crippen LogP contribution is 2.22. The van der Waals surface area contributed by atoms with Gasteiger partial charge >= 0.3 is 0 Å². The molecule has 0 spiro atoms. The molecule has 0 bridgehead atoms. The summed E-state index contributed by atoms with van der Waals surface area (Å²) >= 11 is 1.79. The Morgan fingerprint density at radius 1 is 1.28 bits per heavy atom. The molecule has 1 aliphatic heterocycles. The number of hydrogen-bond acceptors (Lipinski definition) is 5. The molecule has 7 nitrogen and oxygen atoms in total. The summed E-state index contributed by atoms with van der Waals surface area (Å²) in [6, 6.07) is 12.8. The van der Waals surface area contributed by atoms with E-state index >= 15 is 0 Å². The van der Waals surface area contributed by atoms with Crippen LogP contribution in [0.5, 0.6) is 0 Å². The summed E-state index contributed by atoms with van der Waals surface area (Å²) < 4.78 is 13.5. The first kappa shape index (κ1) is 21.9. The van der Waals surface area contributed by atoms with Gasteiger partial charge in [0.05, 0.1) is 5.56 Å². The lowest BCUT2D eigenvalue weighted by Gasteiger charge is -2.16. The van der Waals surface area contributed by atoms with Crippen LogP contribution in [-0.2, 0) is 0 Å². The molecule has 0 aliphatic carbocycles. The van der Waals surface area contributed by atoms with Gasteiger partial charge in [0.2, 0.25) is 0 Å². The number of nitrogens with zero attached hydrogens (tertiary/aromatic N) is 2. The van der Waals surface area contributed by atoms with Crippen LogP contribution in [0.25, 0.3) is 16.6 Å². The van der Waals surface area contributed by atoms with Crippen molar-refractivity contribution in [1.82, 2.24) is 9.88 Å². The molecule has 1 atom stereocenters. The Kier molecular flexibility index (Phi) is 6.48. The minimum absolute atomic E-state index is 0.0282. The molecule has 0 radical (unpaired) electrons. The minimum atomic E-state index is -0.414. The zero-order valence-electron chi connectivity index (χ0n) is 17.5. The summed E-state index contributed by atoms with van der Waals surface area (Å²) in [5.74, 6) is -0.386. The minimum Gasteiger partial charge on any atom is -0.337 e. The standard InChI is InChI=1S/C23H22FN5O2S/c1-32-18-8-9-29(13-18)23(31)14-2-5-17(6-3-14)26-12-21(28-25)19-11-15-10-16(24)4-7-20(15)27-22(19)30/h2-7,10-12,18,25-26H,8-9,13H2,1H3,(H,27,30)/p+1. The van der Waals surface area contributed by atoms with Crippen LogP contribution in [-0.4, -0.2) is 40.4 Å². The predicted molar refractivity (Wildman–Crippen MR) is 124 cm³/mol. The number of carbonyl (C=O) groups is 1. The number of fused-ring (bicyclic) bond motifs is 1. The van der Waals surface area contributed by atoms with Crippen molar-refractivity contribution in [2.45, 2.75) is 11.7 Å². The lowest BCUT2D eigenvalue weighted by molar-refractivity contribution is -0.495. The van der Waals surface area contributed by atoms with Crippen LogP contribution in [0.3, 0.4) is 0 Å². The number of pyridine rings is 1. The van der Waals surface area contributed by atoms with Crippen LogP contribution in [0.2, 0.25) is 0 Å². The maximum atomic E-state index is 13.5. The maximum Gasteiger partial charge on any atom is 0.258 e. The van der Waals surface area contributed by atoms with Crippen molar-refractivity contribution in [3.8, 4) is 0 Å². The first-order chi connectivity index (χ1) is 15.5. The number of rotatable bonds is 6. The highest BCUT2D eigenvalue weighted by molar-refractivity contribution is 7.99. The Labute approximate surface area is 188 Å². The van der Waals surface area contributed by atoms with Crippen molar-refractivity contribution in [1.29, 1.82) is 5.53 Å². The van der Waals surface area contributed by atoms with Gasteiger partial charge in [-0.05, 0) is 49.1 Å². The fraction of sp³-hybridized carbons (Fsp3) is 0.217. The summed E-state index contributed by atoms with van der Waals surface area (Å²) in [6.45, 7) is 1.55. The molecule has 4 N–H and O–H groups in total. The lowest BCUT2D eigenvalue weighted by Crippen LogP contribution is -2.71. The molecule has 1 amide bonds. The first-order valence-corrected chi connectivity index (χ1v) is 11.4.